The van der Waals surface area contributed by atoms with Crippen LogP contribution in [0, 0.1) is 0 Å². The molecule has 0 aliphatic heterocycles. The van der Waals surface area contributed by atoms with E-state index in [4.69, 9.17) is 18.7 Å². The van der Waals surface area contributed by atoms with Crippen LogP contribution in [0.2, 0.25) is 0 Å². The van der Waals surface area contributed by atoms with Crippen LogP contribution in [0.1, 0.15) is 36.2 Å². The normalized spacial score (nSPS) is 11.4. The smallest absolute Gasteiger partial charge is 0.493 e. The molecule has 4 aromatic rings. The minimum Gasteiger partial charge on any atom is -0.493 e. The molecular formula is C26H24N4O6. The SMILES string of the molecule is CCOC(=O)Oc1c(OC)ccnc1C(=O)N[C@@H](C)c1noc(-c2cccc(-c3ccccc3)c2)n1. The molecule has 2 aromatic carbocycles. The largest absolute Gasteiger partial charge is 0.514 e. The first-order valence-electron chi connectivity index (χ1n) is 11.2. The molecule has 0 radical (unpaired) electrons. The zero-order chi connectivity index (χ0) is 25.5. The first-order chi connectivity index (χ1) is 17.5. The third kappa shape index (κ3) is 5.49. The second-order valence-electron chi connectivity index (χ2n) is 7.58. The third-order valence-corrected chi connectivity index (χ3v) is 5.14. The summed E-state index contributed by atoms with van der Waals surface area (Å²) in [5.41, 5.74) is 2.65. The van der Waals surface area contributed by atoms with Gasteiger partial charge in [0.1, 0.15) is 0 Å². The van der Waals surface area contributed by atoms with Crippen LogP contribution in [0.25, 0.3) is 22.6 Å². The lowest BCUT2D eigenvalue weighted by atomic mass is 10.0. The fraction of sp³-hybridized carbons (Fsp3) is 0.192. The maximum Gasteiger partial charge on any atom is 0.514 e. The molecule has 0 bridgehead atoms. The molecule has 1 atom stereocenters. The van der Waals surface area contributed by atoms with E-state index in [2.05, 4.69) is 20.4 Å². The molecule has 2 heterocycles. The number of methoxy groups -OCH3 is 1. The standard InChI is InChI=1S/C26H24N4O6/c1-4-34-26(32)35-22-20(33-3)13-14-27-21(22)24(31)28-16(2)23-29-25(36-30-23)19-12-8-11-18(15-19)17-9-6-5-7-10-17/h5-16H,4H2,1-3H3,(H,28,31)/t16-/m0/s1. The molecule has 2 aromatic heterocycles. The van der Waals surface area contributed by atoms with Crippen molar-refractivity contribution in [3.8, 4) is 34.1 Å². The zero-order valence-corrected chi connectivity index (χ0v) is 19.9. The van der Waals surface area contributed by atoms with Crippen molar-refractivity contribution in [1.82, 2.24) is 20.4 Å². The average Bonchev–Trinajstić information content (AvgIpc) is 3.40. The molecule has 10 heteroatoms. The number of nitrogens with one attached hydrogen (secondary N) is 1. The highest BCUT2D eigenvalue weighted by Crippen LogP contribution is 2.31. The Labute approximate surface area is 207 Å². The van der Waals surface area contributed by atoms with Crippen molar-refractivity contribution >= 4 is 12.1 Å². The van der Waals surface area contributed by atoms with Crippen molar-refractivity contribution in [3.63, 3.8) is 0 Å². The van der Waals surface area contributed by atoms with Crippen molar-refractivity contribution in [2.75, 3.05) is 13.7 Å². The van der Waals surface area contributed by atoms with Gasteiger partial charge in [-0.25, -0.2) is 9.78 Å². The molecular weight excluding hydrogens is 464 g/mol. The van der Waals surface area contributed by atoms with Crippen LogP contribution in [0.4, 0.5) is 4.79 Å². The maximum absolute atomic E-state index is 13.0. The number of pyridine rings is 1. The molecule has 0 fully saturated rings. The van der Waals surface area contributed by atoms with Gasteiger partial charge in [0.25, 0.3) is 11.8 Å². The summed E-state index contributed by atoms with van der Waals surface area (Å²) in [5, 5.41) is 6.76. The Morgan fingerprint density at radius 2 is 1.78 bits per heavy atom. The fourth-order valence-electron chi connectivity index (χ4n) is 3.40. The summed E-state index contributed by atoms with van der Waals surface area (Å²) in [6, 6.07) is 18.5. The molecule has 36 heavy (non-hydrogen) atoms. The van der Waals surface area contributed by atoms with E-state index in [1.54, 1.807) is 13.8 Å². The summed E-state index contributed by atoms with van der Waals surface area (Å²) in [4.78, 5) is 33.3. The van der Waals surface area contributed by atoms with E-state index in [-0.39, 0.29) is 29.6 Å². The van der Waals surface area contributed by atoms with Gasteiger partial charge in [-0.1, -0.05) is 47.6 Å². The Balaban J connectivity index is 1.52. The molecule has 0 saturated heterocycles. The predicted octanol–water partition coefficient (Wildman–Crippen LogP) is 4.83. The summed E-state index contributed by atoms with van der Waals surface area (Å²) >= 11 is 0. The van der Waals surface area contributed by atoms with Gasteiger partial charge in [-0.05, 0) is 37.1 Å². The lowest BCUT2D eigenvalue weighted by molar-refractivity contribution is 0.0914. The van der Waals surface area contributed by atoms with E-state index in [1.165, 1.54) is 19.4 Å². The summed E-state index contributed by atoms with van der Waals surface area (Å²) in [7, 11) is 1.38. The second-order valence-corrected chi connectivity index (χ2v) is 7.58. The second kappa shape index (κ2) is 11.1. The molecule has 0 saturated carbocycles. The first-order valence-corrected chi connectivity index (χ1v) is 11.2. The number of carbonyl (C=O) groups is 2. The van der Waals surface area contributed by atoms with E-state index in [9.17, 15) is 9.59 Å². The Morgan fingerprint density at radius 1 is 1.03 bits per heavy atom. The molecule has 4 rings (SSSR count). The quantitative estimate of drug-likeness (QED) is 0.347. The topological polar surface area (TPSA) is 126 Å². The Morgan fingerprint density at radius 3 is 2.53 bits per heavy atom. The third-order valence-electron chi connectivity index (χ3n) is 5.14. The molecule has 1 amide bonds. The van der Waals surface area contributed by atoms with Crippen molar-refractivity contribution in [2.45, 2.75) is 19.9 Å². The Hall–Kier alpha value is -4.73. The van der Waals surface area contributed by atoms with Crippen LogP contribution in [-0.2, 0) is 4.74 Å². The lowest BCUT2D eigenvalue weighted by Crippen LogP contribution is -2.29. The van der Waals surface area contributed by atoms with Crippen LogP contribution < -0.4 is 14.8 Å². The highest BCUT2D eigenvalue weighted by molar-refractivity contribution is 5.96. The molecule has 0 unspecified atom stereocenters. The number of ether oxygens (including phenoxy) is 3. The van der Waals surface area contributed by atoms with Gasteiger partial charge in [0.2, 0.25) is 5.75 Å². The van der Waals surface area contributed by atoms with Crippen molar-refractivity contribution in [3.05, 3.63) is 78.4 Å². The van der Waals surface area contributed by atoms with Crippen LogP contribution in [-0.4, -0.2) is 40.9 Å². The van der Waals surface area contributed by atoms with Crippen LogP contribution in [0.5, 0.6) is 11.5 Å². The lowest BCUT2D eigenvalue weighted by Gasteiger charge is -2.14. The first kappa shape index (κ1) is 24.4. The number of benzene rings is 2. The van der Waals surface area contributed by atoms with E-state index < -0.39 is 18.1 Å². The molecule has 10 nitrogen and oxygen atoms in total. The minimum atomic E-state index is -0.980. The number of hydrogen-bond acceptors (Lipinski definition) is 9. The average molecular weight is 489 g/mol. The van der Waals surface area contributed by atoms with Crippen LogP contribution >= 0.6 is 0 Å². The predicted molar refractivity (Wildman–Crippen MR) is 129 cm³/mol. The number of amides is 1. The molecule has 0 aliphatic rings. The number of hydrogen-bond donors (Lipinski definition) is 1. The molecule has 0 spiro atoms. The summed E-state index contributed by atoms with van der Waals surface area (Å²) in [6.07, 6.45) is 0.384. The van der Waals surface area contributed by atoms with Gasteiger partial charge in [0, 0.05) is 17.8 Å². The highest BCUT2D eigenvalue weighted by Gasteiger charge is 2.25. The van der Waals surface area contributed by atoms with Gasteiger partial charge < -0.3 is 24.1 Å². The monoisotopic (exact) mass is 488 g/mol. The maximum atomic E-state index is 13.0. The van der Waals surface area contributed by atoms with Crippen LogP contribution in [0.3, 0.4) is 0 Å². The Kier molecular flexibility index (Phi) is 7.54. The van der Waals surface area contributed by atoms with Gasteiger partial charge in [0.05, 0.1) is 19.8 Å². The summed E-state index contributed by atoms with van der Waals surface area (Å²) in [6.45, 7) is 3.43. The van der Waals surface area contributed by atoms with E-state index in [0.717, 1.165) is 16.7 Å². The van der Waals surface area contributed by atoms with Crippen molar-refractivity contribution in [1.29, 1.82) is 0 Å². The van der Waals surface area contributed by atoms with Crippen LogP contribution in [0.15, 0.2) is 71.4 Å². The van der Waals surface area contributed by atoms with E-state index in [1.807, 2.05) is 54.6 Å². The zero-order valence-electron chi connectivity index (χ0n) is 19.9. The Bertz CT molecular complexity index is 1360. The van der Waals surface area contributed by atoms with Gasteiger partial charge in [-0.3, -0.25) is 4.79 Å². The number of carbonyl (C=O) groups excluding carboxylic acids is 2. The van der Waals surface area contributed by atoms with Crippen molar-refractivity contribution < 1.29 is 28.3 Å². The highest BCUT2D eigenvalue weighted by atomic mass is 16.7. The molecule has 0 aliphatic carbocycles. The molecule has 1 N–H and O–H groups in total. The fourth-order valence-corrected chi connectivity index (χ4v) is 3.40. The number of nitrogens with zero attached hydrogens (tertiary/aromatic N) is 3. The van der Waals surface area contributed by atoms with Gasteiger partial charge in [-0.15, -0.1) is 0 Å². The number of rotatable bonds is 8. The van der Waals surface area contributed by atoms with Gasteiger partial charge >= 0.3 is 6.16 Å². The van der Waals surface area contributed by atoms with Gasteiger partial charge in [-0.2, -0.15) is 4.98 Å². The van der Waals surface area contributed by atoms with E-state index >= 15 is 0 Å². The van der Waals surface area contributed by atoms with Gasteiger partial charge in [0.15, 0.2) is 17.3 Å². The van der Waals surface area contributed by atoms with Crippen molar-refractivity contribution in [2.24, 2.45) is 0 Å². The number of aromatic nitrogens is 3. The minimum absolute atomic E-state index is 0.106. The summed E-state index contributed by atoms with van der Waals surface area (Å²) in [5.74, 6) is -0.0576. The molecule has 184 valence electrons. The van der Waals surface area contributed by atoms with E-state index in [0.29, 0.717) is 5.89 Å². The summed E-state index contributed by atoms with van der Waals surface area (Å²) < 4.78 is 20.6.